The van der Waals surface area contributed by atoms with Crippen LogP contribution in [0.5, 0.6) is 0 Å². The molecule has 19 heavy (non-hydrogen) atoms. The molecule has 5 nitrogen and oxygen atoms in total. The van der Waals surface area contributed by atoms with Crippen molar-refractivity contribution in [3.8, 4) is 0 Å². The van der Waals surface area contributed by atoms with Crippen molar-refractivity contribution in [2.75, 3.05) is 26.8 Å². The fourth-order valence-electron chi connectivity index (χ4n) is 2.12. The summed E-state index contributed by atoms with van der Waals surface area (Å²) in [5.74, 6) is -0.170. The quantitative estimate of drug-likeness (QED) is 0.870. The van der Waals surface area contributed by atoms with Crippen LogP contribution in [0.1, 0.15) is 18.0 Å². The number of hydrogen-bond acceptors (Lipinski definition) is 3. The fourth-order valence-corrected chi connectivity index (χ4v) is 2.12. The molecule has 1 saturated heterocycles. The minimum atomic E-state index is -0.590. The Balaban J connectivity index is 2.20. The van der Waals surface area contributed by atoms with Crippen LogP contribution < -0.4 is 5.32 Å². The predicted molar refractivity (Wildman–Crippen MR) is 70.4 cm³/mol. The van der Waals surface area contributed by atoms with Crippen molar-refractivity contribution in [2.45, 2.75) is 12.5 Å². The second-order valence-electron chi connectivity index (χ2n) is 4.48. The summed E-state index contributed by atoms with van der Waals surface area (Å²) in [6.45, 7) is 1.42. The topological polar surface area (TPSA) is 58.6 Å². The van der Waals surface area contributed by atoms with Gasteiger partial charge in [-0.1, -0.05) is 30.3 Å². The number of carbonyl (C=O) groups excluding carboxylic acids is 2. The van der Waals surface area contributed by atoms with E-state index in [0.717, 1.165) is 5.56 Å². The van der Waals surface area contributed by atoms with E-state index >= 15 is 0 Å². The Hall–Kier alpha value is -1.88. The largest absolute Gasteiger partial charge is 0.383 e. The van der Waals surface area contributed by atoms with Crippen LogP contribution in [0.2, 0.25) is 0 Å². The molecule has 1 fully saturated rings. The number of nitrogens with zero attached hydrogens (tertiary/aromatic N) is 1. The van der Waals surface area contributed by atoms with Gasteiger partial charge < -0.3 is 15.0 Å². The molecule has 0 bridgehead atoms. The monoisotopic (exact) mass is 262 g/mol. The van der Waals surface area contributed by atoms with E-state index < -0.39 is 6.04 Å². The molecule has 1 aromatic carbocycles. The normalized spacial score (nSPS) is 20.1. The molecule has 0 radical (unpaired) electrons. The molecule has 0 saturated carbocycles. The van der Waals surface area contributed by atoms with Gasteiger partial charge in [0.05, 0.1) is 6.61 Å². The summed E-state index contributed by atoms with van der Waals surface area (Å²) in [4.78, 5) is 25.8. The second-order valence-corrected chi connectivity index (χ2v) is 4.48. The maximum Gasteiger partial charge on any atom is 0.249 e. The molecule has 1 unspecified atom stereocenters. The summed E-state index contributed by atoms with van der Waals surface area (Å²) < 4.78 is 5.00. The van der Waals surface area contributed by atoms with Crippen LogP contribution in [-0.4, -0.2) is 43.5 Å². The third-order valence-electron chi connectivity index (χ3n) is 3.17. The Bertz CT molecular complexity index is 447. The molecular weight excluding hydrogens is 244 g/mol. The summed E-state index contributed by atoms with van der Waals surface area (Å²) in [6, 6.07) is 8.71. The van der Waals surface area contributed by atoms with E-state index in [9.17, 15) is 9.59 Å². The molecule has 0 aromatic heterocycles. The van der Waals surface area contributed by atoms with E-state index in [-0.39, 0.29) is 11.8 Å². The third-order valence-corrected chi connectivity index (χ3v) is 3.17. The molecule has 1 aromatic rings. The SMILES string of the molecule is COCCN1CCC(=O)NC(c2ccccc2)C1=O. The van der Waals surface area contributed by atoms with E-state index in [1.807, 2.05) is 30.3 Å². The Morgan fingerprint density at radius 2 is 2.05 bits per heavy atom. The van der Waals surface area contributed by atoms with E-state index in [1.165, 1.54) is 0 Å². The molecule has 0 aliphatic carbocycles. The molecule has 2 rings (SSSR count). The highest BCUT2D eigenvalue weighted by atomic mass is 16.5. The maximum absolute atomic E-state index is 12.5. The van der Waals surface area contributed by atoms with Gasteiger partial charge in [0.1, 0.15) is 6.04 Å². The third kappa shape index (κ3) is 3.32. The Labute approximate surface area is 112 Å². The van der Waals surface area contributed by atoms with Crippen molar-refractivity contribution in [3.63, 3.8) is 0 Å². The standard InChI is InChI=1S/C14H18N2O3/c1-19-10-9-16-8-7-12(17)15-13(14(16)18)11-5-3-2-4-6-11/h2-6,13H,7-10H2,1H3,(H,15,17). The summed E-state index contributed by atoms with van der Waals surface area (Å²) in [6.07, 6.45) is 0.332. The van der Waals surface area contributed by atoms with Gasteiger partial charge in [0.15, 0.2) is 0 Å². The highest BCUT2D eigenvalue weighted by Crippen LogP contribution is 2.18. The average molecular weight is 262 g/mol. The van der Waals surface area contributed by atoms with Crippen LogP contribution in [0.25, 0.3) is 0 Å². The van der Waals surface area contributed by atoms with E-state index in [0.29, 0.717) is 26.1 Å². The zero-order chi connectivity index (χ0) is 13.7. The number of carbonyl (C=O) groups is 2. The lowest BCUT2D eigenvalue weighted by molar-refractivity contribution is -0.134. The number of amides is 2. The summed E-state index contributed by atoms with van der Waals surface area (Å²) in [5.41, 5.74) is 0.810. The number of benzene rings is 1. The zero-order valence-corrected chi connectivity index (χ0v) is 11.0. The van der Waals surface area contributed by atoms with Gasteiger partial charge in [0.2, 0.25) is 11.8 Å². The van der Waals surface area contributed by atoms with Gasteiger partial charge in [-0.3, -0.25) is 9.59 Å². The van der Waals surface area contributed by atoms with Gasteiger partial charge in [0, 0.05) is 26.6 Å². The highest BCUT2D eigenvalue weighted by Gasteiger charge is 2.30. The van der Waals surface area contributed by atoms with Crippen LogP contribution >= 0.6 is 0 Å². The number of methoxy groups -OCH3 is 1. The molecule has 1 aliphatic heterocycles. The van der Waals surface area contributed by atoms with Gasteiger partial charge in [-0.2, -0.15) is 0 Å². The van der Waals surface area contributed by atoms with Crippen molar-refractivity contribution < 1.29 is 14.3 Å². The first-order chi connectivity index (χ1) is 9.22. The van der Waals surface area contributed by atoms with Crippen LogP contribution in [0.15, 0.2) is 30.3 Å². The molecule has 102 valence electrons. The van der Waals surface area contributed by atoms with Crippen molar-refractivity contribution in [1.29, 1.82) is 0 Å². The van der Waals surface area contributed by atoms with E-state index in [4.69, 9.17) is 4.74 Å². The first kappa shape index (κ1) is 13.5. The summed E-state index contributed by atoms with van der Waals surface area (Å²) >= 11 is 0. The van der Waals surface area contributed by atoms with Gasteiger partial charge >= 0.3 is 0 Å². The fraction of sp³-hybridized carbons (Fsp3) is 0.429. The molecule has 5 heteroatoms. The number of ether oxygens (including phenoxy) is 1. The minimum absolute atomic E-state index is 0.0749. The van der Waals surface area contributed by atoms with Crippen LogP contribution in [0.3, 0.4) is 0 Å². The van der Waals surface area contributed by atoms with Crippen LogP contribution in [0.4, 0.5) is 0 Å². The molecule has 1 atom stereocenters. The van der Waals surface area contributed by atoms with Gasteiger partial charge in [-0.25, -0.2) is 0 Å². The average Bonchev–Trinajstić information content (AvgIpc) is 2.58. The van der Waals surface area contributed by atoms with Crippen LogP contribution in [-0.2, 0) is 14.3 Å². The highest BCUT2D eigenvalue weighted by molar-refractivity contribution is 5.90. The van der Waals surface area contributed by atoms with E-state index in [2.05, 4.69) is 5.32 Å². The summed E-state index contributed by atoms with van der Waals surface area (Å²) in [5, 5.41) is 2.78. The first-order valence-electron chi connectivity index (χ1n) is 6.34. The Morgan fingerprint density at radius 3 is 2.74 bits per heavy atom. The summed E-state index contributed by atoms with van der Waals surface area (Å²) in [7, 11) is 1.60. The lowest BCUT2D eigenvalue weighted by Crippen LogP contribution is -2.39. The Morgan fingerprint density at radius 1 is 1.32 bits per heavy atom. The first-order valence-corrected chi connectivity index (χ1v) is 6.34. The molecule has 1 heterocycles. The Kier molecular flexibility index (Phi) is 4.52. The molecule has 1 aliphatic rings. The maximum atomic E-state index is 12.5. The predicted octanol–water partition coefficient (Wildman–Crippen LogP) is 0.723. The van der Waals surface area contributed by atoms with Crippen molar-refractivity contribution in [2.24, 2.45) is 0 Å². The lowest BCUT2D eigenvalue weighted by atomic mass is 10.1. The van der Waals surface area contributed by atoms with Crippen LogP contribution in [0, 0.1) is 0 Å². The molecule has 1 N–H and O–H groups in total. The lowest BCUT2D eigenvalue weighted by Gasteiger charge is -2.23. The van der Waals surface area contributed by atoms with E-state index in [1.54, 1.807) is 12.0 Å². The molecule has 2 amide bonds. The van der Waals surface area contributed by atoms with Gasteiger partial charge in [-0.05, 0) is 5.56 Å². The van der Waals surface area contributed by atoms with Crippen molar-refractivity contribution >= 4 is 11.8 Å². The zero-order valence-electron chi connectivity index (χ0n) is 11.0. The van der Waals surface area contributed by atoms with Gasteiger partial charge in [-0.15, -0.1) is 0 Å². The van der Waals surface area contributed by atoms with Gasteiger partial charge in [0.25, 0.3) is 0 Å². The molecular formula is C14H18N2O3. The minimum Gasteiger partial charge on any atom is -0.383 e. The van der Waals surface area contributed by atoms with Crippen molar-refractivity contribution in [1.82, 2.24) is 10.2 Å². The number of hydrogen-bond donors (Lipinski definition) is 1. The second kappa shape index (κ2) is 6.33. The van der Waals surface area contributed by atoms with Crippen molar-refractivity contribution in [3.05, 3.63) is 35.9 Å². The number of nitrogens with one attached hydrogen (secondary N) is 1. The molecule has 0 spiro atoms. The smallest absolute Gasteiger partial charge is 0.249 e. The number of rotatable bonds is 4.